The fourth-order valence-electron chi connectivity index (χ4n) is 7.60. The number of nitrogens with zero attached hydrogens (tertiary/aromatic N) is 5. The molecule has 3 fully saturated rings. The summed E-state index contributed by atoms with van der Waals surface area (Å²) in [4.78, 5) is 31.4. The van der Waals surface area contributed by atoms with Crippen molar-refractivity contribution in [3.63, 3.8) is 0 Å². The Bertz CT molecular complexity index is 1300. The van der Waals surface area contributed by atoms with Gasteiger partial charge in [-0.3, -0.25) is 9.59 Å². The van der Waals surface area contributed by atoms with Crippen LogP contribution in [0.1, 0.15) is 86.8 Å². The molecule has 208 valence electrons. The highest BCUT2D eigenvalue weighted by atomic mass is 35.5. The molecule has 0 unspecified atom stereocenters. The lowest BCUT2D eigenvalue weighted by atomic mass is 9.78. The smallest absolute Gasteiger partial charge is 0.226 e. The Morgan fingerprint density at radius 2 is 2.00 bits per heavy atom. The number of fused-ring (bicyclic) bond motifs is 2. The molecule has 39 heavy (non-hydrogen) atoms. The monoisotopic (exact) mass is 551 g/mol. The summed E-state index contributed by atoms with van der Waals surface area (Å²) in [5.74, 6) is 1.59. The largest absolute Gasteiger partial charge is 0.487 e. The molecule has 9 heteroatoms. The van der Waals surface area contributed by atoms with Crippen molar-refractivity contribution >= 4 is 23.4 Å². The van der Waals surface area contributed by atoms with Crippen LogP contribution < -0.4 is 4.74 Å². The molecule has 2 saturated carbocycles. The van der Waals surface area contributed by atoms with Gasteiger partial charge in [0.2, 0.25) is 11.8 Å². The average Bonchev–Trinajstić information content (AvgIpc) is 3.22. The molecule has 4 heterocycles. The molecule has 1 saturated heterocycles. The van der Waals surface area contributed by atoms with E-state index in [0.717, 1.165) is 86.3 Å². The number of likely N-dealkylation sites (tertiary alicyclic amines) is 1. The highest BCUT2D eigenvalue weighted by Crippen LogP contribution is 2.54. The number of hydrogen-bond donors (Lipinski definition) is 0. The summed E-state index contributed by atoms with van der Waals surface area (Å²) in [6.07, 6.45) is 9.97. The molecule has 1 aromatic carbocycles. The van der Waals surface area contributed by atoms with E-state index in [9.17, 15) is 9.59 Å². The predicted octanol–water partition coefficient (Wildman–Crippen LogP) is 4.72. The van der Waals surface area contributed by atoms with Crippen molar-refractivity contribution in [3.05, 3.63) is 39.7 Å². The molecule has 8 nitrogen and oxygen atoms in total. The first-order valence-corrected chi connectivity index (χ1v) is 15.2. The van der Waals surface area contributed by atoms with Gasteiger partial charge in [-0.25, -0.2) is 4.68 Å². The van der Waals surface area contributed by atoms with Gasteiger partial charge < -0.3 is 14.5 Å². The molecule has 0 bridgehead atoms. The van der Waals surface area contributed by atoms with Crippen LogP contribution in [0.3, 0.4) is 0 Å². The number of carbonyl (C=O) groups is 2. The second-order valence-corrected chi connectivity index (χ2v) is 13.1. The van der Waals surface area contributed by atoms with Crippen LogP contribution in [-0.2, 0) is 35.6 Å². The molecular weight excluding hydrogens is 514 g/mol. The SMILES string of the molecule is C[C@H]1CCCC[C@H]1C(=O)N1CCc2c(Cl)ccc(OCc3nnn4c3CCC4)c2[C@H]1CN1CC2(CC2)CC1=O. The lowest BCUT2D eigenvalue weighted by Gasteiger charge is -2.43. The Morgan fingerprint density at radius 1 is 1.15 bits per heavy atom. The van der Waals surface area contributed by atoms with E-state index < -0.39 is 0 Å². The van der Waals surface area contributed by atoms with E-state index >= 15 is 0 Å². The number of aryl methyl sites for hydroxylation is 1. The van der Waals surface area contributed by atoms with Gasteiger partial charge in [-0.1, -0.05) is 36.6 Å². The van der Waals surface area contributed by atoms with E-state index in [4.69, 9.17) is 16.3 Å². The Balaban J connectivity index is 1.23. The van der Waals surface area contributed by atoms with Gasteiger partial charge in [-0.2, -0.15) is 0 Å². The van der Waals surface area contributed by atoms with Crippen molar-refractivity contribution < 1.29 is 14.3 Å². The van der Waals surface area contributed by atoms with Crippen LogP contribution in [0.5, 0.6) is 5.75 Å². The second-order valence-electron chi connectivity index (χ2n) is 12.7. The Labute approximate surface area is 235 Å². The lowest BCUT2D eigenvalue weighted by Crippen LogP contribution is -2.49. The predicted molar refractivity (Wildman–Crippen MR) is 146 cm³/mol. The van der Waals surface area contributed by atoms with Crippen LogP contribution in [0.15, 0.2) is 12.1 Å². The number of amides is 2. The first-order chi connectivity index (χ1) is 18.9. The highest BCUT2D eigenvalue weighted by Gasteiger charge is 2.52. The summed E-state index contributed by atoms with van der Waals surface area (Å²) in [7, 11) is 0. The van der Waals surface area contributed by atoms with Crippen LogP contribution in [0.25, 0.3) is 0 Å². The van der Waals surface area contributed by atoms with Crippen molar-refractivity contribution in [1.82, 2.24) is 24.8 Å². The quantitative estimate of drug-likeness (QED) is 0.519. The van der Waals surface area contributed by atoms with E-state index in [1.807, 2.05) is 21.7 Å². The van der Waals surface area contributed by atoms with Crippen molar-refractivity contribution in [3.8, 4) is 5.75 Å². The zero-order valence-electron chi connectivity index (χ0n) is 22.8. The Morgan fingerprint density at radius 3 is 2.79 bits per heavy atom. The first kappa shape index (κ1) is 25.4. The fourth-order valence-corrected chi connectivity index (χ4v) is 7.86. The molecule has 7 rings (SSSR count). The number of ether oxygens (including phenoxy) is 1. The number of carbonyl (C=O) groups excluding carboxylic acids is 2. The van der Waals surface area contributed by atoms with Crippen molar-refractivity contribution in [2.75, 3.05) is 19.6 Å². The van der Waals surface area contributed by atoms with E-state index in [1.54, 1.807) is 0 Å². The van der Waals surface area contributed by atoms with Crippen molar-refractivity contribution in [2.24, 2.45) is 17.3 Å². The number of hydrogen-bond acceptors (Lipinski definition) is 5. The van der Waals surface area contributed by atoms with Crippen LogP contribution >= 0.6 is 11.6 Å². The molecule has 0 N–H and O–H groups in total. The van der Waals surface area contributed by atoms with Gasteiger partial charge in [0.05, 0.1) is 11.7 Å². The maximum Gasteiger partial charge on any atom is 0.226 e. The standard InChI is InChI=1S/C30H38ClN5O3/c1-19-5-2-3-6-20(19)29(38)35-14-10-21-22(31)8-9-26(39-17-23-24-7-4-13-36(24)33-32-23)28(21)25(35)16-34-18-30(11-12-30)15-27(34)37/h8-9,19-20,25H,2-7,10-18H2,1H3/t19-,20+,25+/m0/s1. The lowest BCUT2D eigenvalue weighted by molar-refractivity contribution is -0.143. The van der Waals surface area contributed by atoms with Gasteiger partial charge in [0, 0.05) is 49.1 Å². The number of halogens is 1. The fraction of sp³-hybridized carbons (Fsp3) is 0.667. The Hall–Kier alpha value is -2.61. The molecule has 1 aromatic heterocycles. The first-order valence-electron chi connectivity index (χ1n) is 14.9. The van der Waals surface area contributed by atoms with E-state index in [-0.39, 0.29) is 29.2 Å². The van der Waals surface area contributed by atoms with Crippen LogP contribution in [0.2, 0.25) is 5.02 Å². The molecule has 1 spiro atoms. The van der Waals surface area contributed by atoms with Gasteiger partial charge >= 0.3 is 0 Å². The van der Waals surface area contributed by atoms with Gasteiger partial charge in [-0.15, -0.1) is 5.10 Å². The zero-order valence-corrected chi connectivity index (χ0v) is 23.6. The van der Waals surface area contributed by atoms with Gasteiger partial charge in [0.1, 0.15) is 18.1 Å². The third-order valence-corrected chi connectivity index (χ3v) is 10.5. The molecule has 5 aliphatic rings. The normalized spacial score (nSPS) is 27.1. The maximum absolute atomic E-state index is 14.2. The van der Waals surface area contributed by atoms with E-state index in [2.05, 4.69) is 22.1 Å². The molecule has 3 atom stereocenters. The average molecular weight is 552 g/mol. The molecule has 2 amide bonds. The third kappa shape index (κ3) is 4.52. The highest BCUT2D eigenvalue weighted by molar-refractivity contribution is 6.31. The van der Waals surface area contributed by atoms with Crippen molar-refractivity contribution in [1.29, 1.82) is 0 Å². The molecule has 0 radical (unpaired) electrons. The molecule has 2 aromatic rings. The summed E-state index contributed by atoms with van der Waals surface area (Å²) in [5, 5.41) is 9.36. The summed E-state index contributed by atoms with van der Waals surface area (Å²) in [6, 6.07) is 3.57. The van der Waals surface area contributed by atoms with E-state index in [1.165, 1.54) is 6.42 Å². The van der Waals surface area contributed by atoms with Crippen LogP contribution in [-0.4, -0.2) is 56.2 Å². The molecule has 2 aliphatic carbocycles. The summed E-state index contributed by atoms with van der Waals surface area (Å²) in [5.41, 5.74) is 4.20. The van der Waals surface area contributed by atoms with Gasteiger partial charge in [0.25, 0.3) is 0 Å². The Kier molecular flexibility index (Phi) is 6.37. The van der Waals surface area contributed by atoms with Crippen LogP contribution in [0.4, 0.5) is 0 Å². The van der Waals surface area contributed by atoms with Crippen LogP contribution in [0, 0.1) is 17.3 Å². The van der Waals surface area contributed by atoms with Crippen molar-refractivity contribution in [2.45, 2.75) is 90.3 Å². The number of benzene rings is 1. The van der Waals surface area contributed by atoms with Gasteiger partial charge in [-0.05, 0) is 74.0 Å². The number of rotatable bonds is 6. The maximum atomic E-state index is 14.2. The summed E-state index contributed by atoms with van der Waals surface area (Å²) in [6.45, 7) is 5.37. The number of aromatic nitrogens is 3. The summed E-state index contributed by atoms with van der Waals surface area (Å²) >= 11 is 6.79. The third-order valence-electron chi connectivity index (χ3n) is 10.1. The molecular formula is C30H38ClN5O3. The van der Waals surface area contributed by atoms with Gasteiger partial charge in [0.15, 0.2) is 0 Å². The minimum absolute atomic E-state index is 0.0367. The summed E-state index contributed by atoms with van der Waals surface area (Å²) < 4.78 is 8.45. The minimum atomic E-state index is -0.271. The molecule has 3 aliphatic heterocycles. The zero-order chi connectivity index (χ0) is 26.7. The topological polar surface area (TPSA) is 80.6 Å². The van der Waals surface area contributed by atoms with E-state index in [0.29, 0.717) is 43.5 Å². The second kappa shape index (κ2) is 9.79. The minimum Gasteiger partial charge on any atom is -0.487 e.